The van der Waals surface area contributed by atoms with Crippen molar-refractivity contribution in [3.8, 4) is 5.75 Å². The molecule has 6 nitrogen and oxygen atoms in total. The van der Waals surface area contributed by atoms with Gasteiger partial charge in [0.25, 0.3) is 0 Å². The number of ether oxygens (including phenoxy) is 1. The summed E-state index contributed by atoms with van der Waals surface area (Å²) < 4.78 is 6.42. The lowest BCUT2D eigenvalue weighted by atomic mass is 10.2. The Morgan fingerprint density at radius 2 is 2.27 bits per heavy atom. The van der Waals surface area contributed by atoms with Crippen LogP contribution in [0.25, 0.3) is 10.9 Å². The maximum absolute atomic E-state index is 10.9. The molecule has 0 radical (unpaired) electrons. The van der Waals surface area contributed by atoms with Crippen LogP contribution in [0.2, 0.25) is 0 Å². The van der Waals surface area contributed by atoms with Crippen molar-refractivity contribution in [3.63, 3.8) is 0 Å². The first-order valence-electron chi connectivity index (χ1n) is 4.28. The first kappa shape index (κ1) is 9.45. The first-order chi connectivity index (χ1) is 7.15. The van der Waals surface area contributed by atoms with Gasteiger partial charge in [0.15, 0.2) is 5.75 Å². The zero-order valence-electron chi connectivity index (χ0n) is 8.30. The summed E-state index contributed by atoms with van der Waals surface area (Å²) in [6.07, 6.45) is 1.59. The van der Waals surface area contributed by atoms with Gasteiger partial charge in [0, 0.05) is 12.4 Å². The highest BCUT2D eigenvalue weighted by atomic mass is 16.6. The fourth-order valence-electron chi connectivity index (χ4n) is 1.57. The van der Waals surface area contributed by atoms with Crippen LogP contribution in [0.3, 0.4) is 0 Å². The number of fused-ring (bicyclic) bond motifs is 1. The molecule has 78 valence electrons. The molecule has 2 aromatic rings. The molecule has 0 saturated heterocycles. The van der Waals surface area contributed by atoms with E-state index in [1.807, 2.05) is 0 Å². The van der Waals surface area contributed by atoms with Crippen LogP contribution in [0.15, 0.2) is 18.3 Å². The van der Waals surface area contributed by atoms with E-state index in [9.17, 15) is 10.1 Å². The number of nitrogens with zero attached hydrogens (tertiary/aromatic N) is 3. The second-order valence-corrected chi connectivity index (χ2v) is 3.08. The Morgan fingerprint density at radius 1 is 1.53 bits per heavy atom. The van der Waals surface area contributed by atoms with Gasteiger partial charge in [0.2, 0.25) is 0 Å². The van der Waals surface area contributed by atoms with Gasteiger partial charge in [-0.15, -0.1) is 0 Å². The van der Waals surface area contributed by atoms with Crippen LogP contribution in [0, 0.1) is 10.1 Å². The molecule has 0 saturated carbocycles. The van der Waals surface area contributed by atoms with E-state index in [0.717, 1.165) is 5.39 Å². The standard InChI is InChI=1S/C9H9N3O3/c1-11-8-6(5-10-11)3-4-7(15-2)9(8)12(13)14/h3-5H,1-2H3. The number of rotatable bonds is 2. The summed E-state index contributed by atoms with van der Waals surface area (Å²) in [7, 11) is 3.07. The topological polar surface area (TPSA) is 70.2 Å². The first-order valence-corrected chi connectivity index (χ1v) is 4.28. The minimum atomic E-state index is -0.456. The van der Waals surface area contributed by atoms with Gasteiger partial charge in [0.05, 0.1) is 18.2 Å². The van der Waals surface area contributed by atoms with Gasteiger partial charge in [-0.1, -0.05) is 0 Å². The Bertz CT molecular complexity index is 533. The van der Waals surface area contributed by atoms with Crippen LogP contribution in [-0.4, -0.2) is 21.8 Å². The second kappa shape index (κ2) is 3.23. The average molecular weight is 207 g/mol. The van der Waals surface area contributed by atoms with Crippen molar-refractivity contribution in [3.05, 3.63) is 28.4 Å². The van der Waals surface area contributed by atoms with E-state index < -0.39 is 4.92 Å². The quantitative estimate of drug-likeness (QED) is 0.552. The molecule has 6 heteroatoms. The number of methoxy groups -OCH3 is 1. The van der Waals surface area contributed by atoms with E-state index in [-0.39, 0.29) is 11.4 Å². The summed E-state index contributed by atoms with van der Waals surface area (Å²) in [4.78, 5) is 10.5. The largest absolute Gasteiger partial charge is 0.490 e. The van der Waals surface area contributed by atoms with Crippen LogP contribution < -0.4 is 4.74 Å². The predicted molar refractivity (Wildman–Crippen MR) is 53.9 cm³/mol. The van der Waals surface area contributed by atoms with E-state index in [4.69, 9.17) is 4.74 Å². The zero-order valence-corrected chi connectivity index (χ0v) is 8.30. The number of benzene rings is 1. The molecule has 2 rings (SSSR count). The van der Waals surface area contributed by atoms with Crippen molar-refractivity contribution in [2.75, 3.05) is 7.11 Å². The summed E-state index contributed by atoms with van der Waals surface area (Å²) in [6, 6.07) is 3.32. The monoisotopic (exact) mass is 207 g/mol. The number of nitro groups is 1. The van der Waals surface area contributed by atoms with Crippen molar-refractivity contribution in [1.82, 2.24) is 9.78 Å². The Balaban J connectivity index is 2.89. The Labute approximate surface area is 85.2 Å². The normalized spacial score (nSPS) is 10.5. The average Bonchev–Trinajstić information content (AvgIpc) is 2.59. The van der Waals surface area contributed by atoms with E-state index in [1.165, 1.54) is 11.8 Å². The highest BCUT2D eigenvalue weighted by Crippen LogP contribution is 2.34. The van der Waals surface area contributed by atoms with Crippen LogP contribution in [-0.2, 0) is 7.05 Å². The third kappa shape index (κ3) is 1.30. The molecular formula is C9H9N3O3. The lowest BCUT2D eigenvalue weighted by Crippen LogP contribution is -1.98. The van der Waals surface area contributed by atoms with Crippen molar-refractivity contribution in [2.45, 2.75) is 0 Å². The van der Waals surface area contributed by atoms with Crippen molar-refractivity contribution in [2.24, 2.45) is 7.05 Å². The van der Waals surface area contributed by atoms with Gasteiger partial charge in [-0.05, 0) is 12.1 Å². The molecule has 0 spiro atoms. The molecule has 0 N–H and O–H groups in total. The Kier molecular flexibility index (Phi) is 2.03. The molecule has 0 fully saturated rings. The molecular weight excluding hydrogens is 198 g/mol. The molecule has 0 amide bonds. The maximum Gasteiger partial charge on any atom is 0.336 e. The van der Waals surface area contributed by atoms with E-state index >= 15 is 0 Å². The minimum absolute atomic E-state index is 0.0463. The molecule has 15 heavy (non-hydrogen) atoms. The summed E-state index contributed by atoms with van der Waals surface area (Å²) in [5.41, 5.74) is 0.425. The summed E-state index contributed by atoms with van der Waals surface area (Å²) >= 11 is 0. The molecule has 0 aliphatic rings. The number of hydrogen-bond donors (Lipinski definition) is 0. The highest BCUT2D eigenvalue weighted by Gasteiger charge is 2.21. The minimum Gasteiger partial charge on any atom is -0.490 e. The number of aryl methyl sites for hydroxylation is 1. The molecule has 0 atom stereocenters. The van der Waals surface area contributed by atoms with E-state index in [1.54, 1.807) is 25.4 Å². The van der Waals surface area contributed by atoms with Crippen LogP contribution in [0.4, 0.5) is 5.69 Å². The van der Waals surface area contributed by atoms with Gasteiger partial charge >= 0.3 is 5.69 Å². The molecule has 1 aromatic heterocycles. The summed E-state index contributed by atoms with van der Waals surface area (Å²) in [5.74, 6) is 0.246. The van der Waals surface area contributed by atoms with Crippen LogP contribution >= 0.6 is 0 Å². The molecule has 1 aromatic carbocycles. The van der Waals surface area contributed by atoms with E-state index in [2.05, 4.69) is 5.10 Å². The Hall–Kier alpha value is -2.11. The van der Waals surface area contributed by atoms with Crippen molar-refractivity contribution in [1.29, 1.82) is 0 Å². The molecule has 0 bridgehead atoms. The molecule has 0 aliphatic carbocycles. The van der Waals surface area contributed by atoms with E-state index in [0.29, 0.717) is 5.52 Å². The Morgan fingerprint density at radius 3 is 2.87 bits per heavy atom. The maximum atomic E-state index is 10.9. The summed E-state index contributed by atoms with van der Waals surface area (Å²) in [5, 5.41) is 15.6. The van der Waals surface area contributed by atoms with Crippen LogP contribution in [0.5, 0.6) is 5.75 Å². The summed E-state index contributed by atoms with van der Waals surface area (Å²) in [6.45, 7) is 0. The van der Waals surface area contributed by atoms with Crippen molar-refractivity contribution >= 4 is 16.6 Å². The zero-order chi connectivity index (χ0) is 11.0. The molecule has 0 aliphatic heterocycles. The van der Waals surface area contributed by atoms with Gasteiger partial charge in [-0.3, -0.25) is 14.8 Å². The third-order valence-electron chi connectivity index (χ3n) is 2.24. The smallest absolute Gasteiger partial charge is 0.336 e. The van der Waals surface area contributed by atoms with Gasteiger partial charge < -0.3 is 4.74 Å². The lowest BCUT2D eigenvalue weighted by molar-refractivity contribution is -0.384. The van der Waals surface area contributed by atoms with Gasteiger partial charge in [0.1, 0.15) is 5.52 Å². The van der Waals surface area contributed by atoms with Gasteiger partial charge in [-0.2, -0.15) is 5.10 Å². The highest BCUT2D eigenvalue weighted by molar-refractivity contribution is 5.90. The SMILES string of the molecule is COc1ccc2cnn(C)c2c1[N+](=O)[O-]. The fraction of sp³-hybridized carbons (Fsp3) is 0.222. The van der Waals surface area contributed by atoms with Crippen molar-refractivity contribution < 1.29 is 9.66 Å². The number of hydrogen-bond acceptors (Lipinski definition) is 4. The lowest BCUT2D eigenvalue weighted by Gasteiger charge is -2.02. The van der Waals surface area contributed by atoms with Crippen LogP contribution in [0.1, 0.15) is 0 Å². The second-order valence-electron chi connectivity index (χ2n) is 3.08. The number of nitro benzene ring substituents is 1. The van der Waals surface area contributed by atoms with Gasteiger partial charge in [-0.25, -0.2) is 0 Å². The number of aromatic nitrogens is 2. The third-order valence-corrected chi connectivity index (χ3v) is 2.24. The molecule has 0 unspecified atom stereocenters. The fourth-order valence-corrected chi connectivity index (χ4v) is 1.57. The predicted octanol–water partition coefficient (Wildman–Crippen LogP) is 1.49. The molecule has 1 heterocycles.